The zero-order valence-corrected chi connectivity index (χ0v) is 13.5. The second-order valence-corrected chi connectivity index (χ2v) is 5.73. The van der Waals surface area contributed by atoms with Crippen molar-refractivity contribution in [3.05, 3.63) is 59.8 Å². The molecule has 2 aromatic carbocycles. The summed E-state index contributed by atoms with van der Waals surface area (Å²) >= 11 is 0. The average molecular weight is 307 g/mol. The molecule has 0 saturated carbocycles. The molecule has 0 bridgehead atoms. The number of fused-ring (bicyclic) bond motifs is 1. The fourth-order valence-corrected chi connectivity index (χ4v) is 2.75. The highest BCUT2D eigenvalue weighted by atomic mass is 16.1. The Kier molecular flexibility index (Phi) is 4.42. The summed E-state index contributed by atoms with van der Waals surface area (Å²) in [7, 11) is 0. The van der Waals surface area contributed by atoms with Crippen LogP contribution in [0.3, 0.4) is 0 Å². The quantitative estimate of drug-likeness (QED) is 0.776. The van der Waals surface area contributed by atoms with E-state index in [1.807, 2.05) is 47.3 Å². The highest BCUT2D eigenvalue weighted by molar-refractivity contribution is 5.90. The van der Waals surface area contributed by atoms with Crippen LogP contribution >= 0.6 is 0 Å². The summed E-state index contributed by atoms with van der Waals surface area (Å²) in [5.41, 5.74) is 4.39. The molecule has 0 fully saturated rings. The van der Waals surface area contributed by atoms with Crippen LogP contribution in [-0.2, 0) is 17.8 Å². The first-order valence-electron chi connectivity index (χ1n) is 7.97. The van der Waals surface area contributed by atoms with Gasteiger partial charge in [-0.25, -0.2) is 0 Å². The van der Waals surface area contributed by atoms with Crippen molar-refractivity contribution < 1.29 is 4.79 Å². The second-order valence-electron chi connectivity index (χ2n) is 5.73. The van der Waals surface area contributed by atoms with E-state index in [-0.39, 0.29) is 5.91 Å². The lowest BCUT2D eigenvalue weighted by molar-refractivity contribution is -0.116. The molecule has 0 aliphatic carbocycles. The van der Waals surface area contributed by atoms with E-state index in [0.717, 1.165) is 23.0 Å². The highest BCUT2D eigenvalue weighted by Gasteiger charge is 2.08. The number of benzene rings is 2. The number of carbonyl (C=O) groups is 1. The number of para-hydroxylation sites is 1. The largest absolute Gasteiger partial charge is 0.326 e. The number of amides is 1. The van der Waals surface area contributed by atoms with E-state index >= 15 is 0 Å². The minimum Gasteiger partial charge on any atom is -0.326 e. The number of hydrogen-bond donors (Lipinski definition) is 1. The first kappa shape index (κ1) is 15.3. The van der Waals surface area contributed by atoms with Gasteiger partial charge in [-0.15, -0.1) is 0 Å². The molecular weight excluding hydrogens is 286 g/mol. The van der Waals surface area contributed by atoms with Crippen LogP contribution in [0.4, 0.5) is 5.69 Å². The van der Waals surface area contributed by atoms with E-state index < -0.39 is 0 Å². The molecule has 0 atom stereocenters. The number of aromatic nitrogens is 2. The molecule has 0 aliphatic rings. The fourth-order valence-electron chi connectivity index (χ4n) is 2.75. The van der Waals surface area contributed by atoms with Gasteiger partial charge in [0.05, 0.1) is 18.3 Å². The van der Waals surface area contributed by atoms with Gasteiger partial charge in [0.15, 0.2) is 0 Å². The molecule has 4 heteroatoms. The zero-order valence-electron chi connectivity index (χ0n) is 13.5. The second kappa shape index (κ2) is 6.65. The third kappa shape index (κ3) is 3.42. The predicted molar refractivity (Wildman–Crippen MR) is 93.5 cm³/mol. The molecule has 0 spiro atoms. The van der Waals surface area contributed by atoms with Crippen LogP contribution < -0.4 is 5.32 Å². The van der Waals surface area contributed by atoms with Crippen molar-refractivity contribution in [1.82, 2.24) is 9.78 Å². The molecule has 3 aromatic rings. The van der Waals surface area contributed by atoms with E-state index in [9.17, 15) is 4.79 Å². The molecule has 0 aliphatic heterocycles. The van der Waals surface area contributed by atoms with Crippen molar-refractivity contribution in [1.29, 1.82) is 0 Å². The number of aryl methyl sites for hydroxylation is 3. The van der Waals surface area contributed by atoms with Crippen LogP contribution in [0.5, 0.6) is 0 Å². The van der Waals surface area contributed by atoms with Crippen LogP contribution in [0.1, 0.15) is 24.5 Å². The minimum atomic E-state index is 0.00600. The normalized spacial score (nSPS) is 10.9. The number of carbonyl (C=O) groups excluding carboxylic acids is 1. The van der Waals surface area contributed by atoms with Crippen molar-refractivity contribution in [3.63, 3.8) is 0 Å². The van der Waals surface area contributed by atoms with Gasteiger partial charge in [0.25, 0.3) is 0 Å². The van der Waals surface area contributed by atoms with Crippen LogP contribution in [0, 0.1) is 6.92 Å². The third-order valence-corrected chi connectivity index (χ3v) is 4.06. The van der Waals surface area contributed by atoms with Gasteiger partial charge in [0.2, 0.25) is 5.91 Å². The molecule has 0 radical (unpaired) electrons. The maximum absolute atomic E-state index is 12.1. The lowest BCUT2D eigenvalue weighted by Gasteiger charge is -2.08. The Bertz CT molecular complexity index is 818. The van der Waals surface area contributed by atoms with Crippen molar-refractivity contribution in [3.8, 4) is 0 Å². The van der Waals surface area contributed by atoms with E-state index in [2.05, 4.69) is 30.3 Å². The summed E-state index contributed by atoms with van der Waals surface area (Å²) in [6.07, 6.45) is 3.25. The van der Waals surface area contributed by atoms with Crippen molar-refractivity contribution in [2.24, 2.45) is 0 Å². The van der Waals surface area contributed by atoms with E-state index in [1.165, 1.54) is 11.1 Å². The van der Waals surface area contributed by atoms with Crippen LogP contribution in [0.2, 0.25) is 0 Å². The molecular formula is C19H21N3O. The number of hydrogen-bond acceptors (Lipinski definition) is 2. The summed E-state index contributed by atoms with van der Waals surface area (Å²) in [6, 6.07) is 14.1. The molecule has 3 rings (SSSR count). The summed E-state index contributed by atoms with van der Waals surface area (Å²) in [5, 5.41) is 8.44. The van der Waals surface area contributed by atoms with Gasteiger partial charge >= 0.3 is 0 Å². The SMILES string of the molecule is CCc1ccc(NC(=O)CCn2ncc3cccc(C)c32)cc1. The summed E-state index contributed by atoms with van der Waals surface area (Å²) in [6.45, 7) is 4.76. The zero-order chi connectivity index (χ0) is 16.2. The van der Waals surface area contributed by atoms with Crippen molar-refractivity contribution >= 4 is 22.5 Å². The smallest absolute Gasteiger partial charge is 0.226 e. The Hall–Kier alpha value is -2.62. The molecule has 4 nitrogen and oxygen atoms in total. The fraction of sp³-hybridized carbons (Fsp3) is 0.263. The molecule has 1 heterocycles. The first-order valence-corrected chi connectivity index (χ1v) is 7.97. The Morgan fingerprint density at radius 1 is 1.17 bits per heavy atom. The topological polar surface area (TPSA) is 46.9 Å². The third-order valence-electron chi connectivity index (χ3n) is 4.06. The number of rotatable bonds is 5. The maximum atomic E-state index is 12.1. The van der Waals surface area contributed by atoms with Crippen LogP contribution in [0.15, 0.2) is 48.7 Å². The van der Waals surface area contributed by atoms with Crippen LogP contribution in [0.25, 0.3) is 10.9 Å². The molecule has 0 saturated heterocycles. The summed E-state index contributed by atoms with van der Waals surface area (Å²) in [5.74, 6) is 0.00600. The summed E-state index contributed by atoms with van der Waals surface area (Å²) in [4.78, 5) is 12.1. The highest BCUT2D eigenvalue weighted by Crippen LogP contribution is 2.18. The monoisotopic (exact) mass is 307 g/mol. The maximum Gasteiger partial charge on any atom is 0.226 e. The molecule has 23 heavy (non-hydrogen) atoms. The van der Waals surface area contributed by atoms with E-state index in [0.29, 0.717) is 13.0 Å². The molecule has 0 unspecified atom stereocenters. The Morgan fingerprint density at radius 2 is 1.96 bits per heavy atom. The summed E-state index contributed by atoms with van der Waals surface area (Å²) < 4.78 is 1.91. The van der Waals surface area contributed by atoms with E-state index in [1.54, 1.807) is 0 Å². The van der Waals surface area contributed by atoms with Gasteiger partial charge in [-0.2, -0.15) is 5.10 Å². The standard InChI is InChI=1S/C19H21N3O/c1-3-15-7-9-17(10-8-15)21-18(23)11-12-22-19-14(2)5-4-6-16(19)13-20-22/h4-10,13H,3,11-12H2,1-2H3,(H,21,23). The number of nitrogens with one attached hydrogen (secondary N) is 1. The lowest BCUT2D eigenvalue weighted by atomic mass is 10.1. The minimum absolute atomic E-state index is 0.00600. The van der Waals surface area contributed by atoms with Gasteiger partial charge in [-0.3, -0.25) is 9.48 Å². The average Bonchev–Trinajstić information content (AvgIpc) is 2.98. The van der Waals surface area contributed by atoms with E-state index in [4.69, 9.17) is 0 Å². The van der Waals surface area contributed by atoms with Crippen molar-refractivity contribution in [2.45, 2.75) is 33.2 Å². The number of anilines is 1. The van der Waals surface area contributed by atoms with Gasteiger partial charge in [0.1, 0.15) is 0 Å². The van der Waals surface area contributed by atoms with Gasteiger partial charge in [-0.05, 0) is 36.6 Å². The predicted octanol–water partition coefficient (Wildman–Crippen LogP) is 3.94. The van der Waals surface area contributed by atoms with Crippen molar-refractivity contribution in [2.75, 3.05) is 5.32 Å². The first-order chi connectivity index (χ1) is 11.2. The Balaban J connectivity index is 1.64. The number of nitrogens with zero attached hydrogens (tertiary/aromatic N) is 2. The van der Waals surface area contributed by atoms with Gasteiger partial charge in [0, 0.05) is 17.5 Å². The molecule has 1 aromatic heterocycles. The van der Waals surface area contributed by atoms with Crippen LogP contribution in [-0.4, -0.2) is 15.7 Å². The lowest BCUT2D eigenvalue weighted by Crippen LogP contribution is -2.15. The Labute approximate surface area is 136 Å². The molecule has 1 amide bonds. The Morgan fingerprint density at radius 3 is 2.70 bits per heavy atom. The van der Waals surface area contributed by atoms with Gasteiger partial charge in [-0.1, -0.05) is 37.3 Å². The molecule has 118 valence electrons. The van der Waals surface area contributed by atoms with Gasteiger partial charge < -0.3 is 5.32 Å². The molecule has 1 N–H and O–H groups in total.